The van der Waals surface area contributed by atoms with Crippen molar-refractivity contribution in [3.05, 3.63) is 47.8 Å². The zero-order valence-electron chi connectivity index (χ0n) is 10.9. The van der Waals surface area contributed by atoms with E-state index in [1.54, 1.807) is 0 Å². The van der Waals surface area contributed by atoms with E-state index in [0.29, 0.717) is 12.0 Å². The first-order valence-electron chi connectivity index (χ1n) is 6.63. The molecule has 1 unspecified atom stereocenters. The zero-order valence-corrected chi connectivity index (χ0v) is 10.9. The van der Waals surface area contributed by atoms with Crippen LogP contribution in [0.4, 0.5) is 5.69 Å². The maximum absolute atomic E-state index is 4.46. The first-order chi connectivity index (χ1) is 8.77. The molecular formula is C15H19N3. The van der Waals surface area contributed by atoms with Crippen LogP contribution >= 0.6 is 0 Å². The minimum atomic E-state index is 0.414. The summed E-state index contributed by atoms with van der Waals surface area (Å²) in [5.74, 6) is 0.465. The Morgan fingerprint density at radius 2 is 2.11 bits per heavy atom. The van der Waals surface area contributed by atoms with Gasteiger partial charge in [-0.05, 0) is 38.0 Å². The predicted molar refractivity (Wildman–Crippen MR) is 74.0 cm³/mol. The number of anilines is 1. The summed E-state index contributed by atoms with van der Waals surface area (Å²) in [5.41, 5.74) is 4.00. The average molecular weight is 241 g/mol. The van der Waals surface area contributed by atoms with E-state index in [4.69, 9.17) is 0 Å². The van der Waals surface area contributed by atoms with Gasteiger partial charge in [0.25, 0.3) is 0 Å². The quantitative estimate of drug-likeness (QED) is 0.873. The Labute approximate surface area is 108 Å². The Hall–Kier alpha value is -1.77. The summed E-state index contributed by atoms with van der Waals surface area (Å²) in [4.78, 5) is 0. The van der Waals surface area contributed by atoms with Crippen LogP contribution in [0.25, 0.3) is 0 Å². The molecule has 1 atom stereocenters. The van der Waals surface area contributed by atoms with E-state index in [0.717, 1.165) is 13.0 Å². The Balaban J connectivity index is 2.06. The number of nitrogens with zero attached hydrogens (tertiary/aromatic N) is 2. The fraction of sp³-hybridized carbons (Fsp3) is 0.400. The Morgan fingerprint density at radius 1 is 1.28 bits per heavy atom. The van der Waals surface area contributed by atoms with Gasteiger partial charge in [0.2, 0.25) is 0 Å². The third-order valence-electron chi connectivity index (χ3n) is 3.63. The van der Waals surface area contributed by atoms with Gasteiger partial charge in [-0.25, -0.2) is 0 Å². The molecule has 3 nitrogen and oxygen atoms in total. The highest BCUT2D eigenvalue weighted by atomic mass is 15.3. The van der Waals surface area contributed by atoms with Gasteiger partial charge >= 0.3 is 0 Å². The molecule has 3 heteroatoms. The average Bonchev–Trinajstić information content (AvgIpc) is 2.87. The van der Waals surface area contributed by atoms with Crippen LogP contribution in [0, 0.1) is 0 Å². The van der Waals surface area contributed by atoms with E-state index in [1.807, 2.05) is 6.20 Å². The molecule has 2 aromatic rings. The molecule has 1 aromatic carbocycles. The molecule has 0 aliphatic carbocycles. The molecule has 0 amide bonds. The fourth-order valence-electron chi connectivity index (χ4n) is 2.81. The second-order valence-electron chi connectivity index (χ2n) is 5.15. The number of hydrogen-bond donors (Lipinski definition) is 1. The summed E-state index contributed by atoms with van der Waals surface area (Å²) >= 11 is 0. The van der Waals surface area contributed by atoms with Crippen molar-refractivity contribution < 1.29 is 0 Å². The lowest BCUT2D eigenvalue weighted by Gasteiger charge is -2.28. The van der Waals surface area contributed by atoms with Gasteiger partial charge in [-0.3, -0.25) is 4.68 Å². The summed E-state index contributed by atoms with van der Waals surface area (Å²) < 4.78 is 2.15. The summed E-state index contributed by atoms with van der Waals surface area (Å²) in [6, 6.07) is 11.2. The van der Waals surface area contributed by atoms with Crippen molar-refractivity contribution in [3.8, 4) is 0 Å². The molecule has 0 fully saturated rings. The van der Waals surface area contributed by atoms with Gasteiger partial charge in [0.1, 0.15) is 0 Å². The second kappa shape index (κ2) is 4.48. The Kier molecular flexibility index (Phi) is 2.82. The molecule has 0 bridgehead atoms. The number of nitrogens with one attached hydrogen (secondary N) is 1. The van der Waals surface area contributed by atoms with E-state index < -0.39 is 0 Å². The van der Waals surface area contributed by atoms with Crippen LogP contribution in [0.1, 0.15) is 43.5 Å². The van der Waals surface area contributed by atoms with E-state index in [2.05, 4.69) is 59.3 Å². The third-order valence-corrected chi connectivity index (χ3v) is 3.63. The predicted octanol–water partition coefficient (Wildman–Crippen LogP) is 3.41. The molecule has 2 heterocycles. The maximum Gasteiger partial charge on any atom is 0.0492 e. The molecular weight excluding hydrogens is 222 g/mol. The van der Waals surface area contributed by atoms with Crippen molar-refractivity contribution in [2.45, 2.75) is 32.2 Å². The topological polar surface area (TPSA) is 29.9 Å². The molecule has 0 radical (unpaired) electrons. The van der Waals surface area contributed by atoms with E-state index in [-0.39, 0.29) is 0 Å². The second-order valence-corrected chi connectivity index (χ2v) is 5.15. The van der Waals surface area contributed by atoms with E-state index in [9.17, 15) is 0 Å². The lowest BCUT2D eigenvalue weighted by Crippen LogP contribution is -2.20. The summed E-state index contributed by atoms with van der Waals surface area (Å²) in [7, 11) is 0. The molecule has 0 spiro atoms. The minimum Gasteiger partial charge on any atom is -0.385 e. The van der Waals surface area contributed by atoms with Gasteiger partial charge in [0.15, 0.2) is 0 Å². The molecule has 18 heavy (non-hydrogen) atoms. The van der Waals surface area contributed by atoms with Crippen LogP contribution in [0.15, 0.2) is 36.5 Å². The zero-order chi connectivity index (χ0) is 12.5. The number of benzene rings is 1. The van der Waals surface area contributed by atoms with Crippen molar-refractivity contribution in [2.75, 3.05) is 11.9 Å². The fourth-order valence-corrected chi connectivity index (χ4v) is 2.81. The van der Waals surface area contributed by atoms with Gasteiger partial charge in [0, 0.05) is 36.1 Å². The summed E-state index contributed by atoms with van der Waals surface area (Å²) in [6.07, 6.45) is 3.05. The van der Waals surface area contributed by atoms with Crippen molar-refractivity contribution >= 4 is 5.69 Å². The standard InChI is InChI=1S/C15H19N3/c1-11(2)18-15(8-10-17-18)13-7-9-16-14-6-4-3-5-12(13)14/h3-6,8,10-11,13,16H,7,9H2,1-2H3. The Morgan fingerprint density at radius 3 is 2.94 bits per heavy atom. The van der Waals surface area contributed by atoms with Crippen molar-refractivity contribution in [2.24, 2.45) is 0 Å². The highest BCUT2D eigenvalue weighted by molar-refractivity contribution is 5.56. The number of fused-ring (bicyclic) bond motifs is 1. The molecule has 1 N–H and O–H groups in total. The van der Waals surface area contributed by atoms with Crippen LogP contribution in [0.5, 0.6) is 0 Å². The van der Waals surface area contributed by atoms with Crippen molar-refractivity contribution in [1.29, 1.82) is 0 Å². The first kappa shape index (κ1) is 11.3. The lowest BCUT2D eigenvalue weighted by atomic mass is 9.88. The van der Waals surface area contributed by atoms with E-state index in [1.165, 1.54) is 16.9 Å². The van der Waals surface area contributed by atoms with E-state index >= 15 is 0 Å². The Bertz CT molecular complexity index is 542. The van der Waals surface area contributed by atoms with Gasteiger partial charge in [-0.2, -0.15) is 5.10 Å². The minimum absolute atomic E-state index is 0.414. The van der Waals surface area contributed by atoms with Crippen molar-refractivity contribution in [1.82, 2.24) is 9.78 Å². The number of para-hydroxylation sites is 1. The maximum atomic E-state index is 4.46. The number of hydrogen-bond acceptors (Lipinski definition) is 2. The number of aromatic nitrogens is 2. The highest BCUT2D eigenvalue weighted by Crippen LogP contribution is 2.36. The SMILES string of the molecule is CC(C)n1nccc1C1CCNc2ccccc21. The summed E-state index contributed by atoms with van der Waals surface area (Å²) in [6.45, 7) is 5.40. The third kappa shape index (κ3) is 1.80. The van der Waals surface area contributed by atoms with Crippen LogP contribution < -0.4 is 5.32 Å². The lowest BCUT2D eigenvalue weighted by molar-refractivity contribution is 0.491. The monoisotopic (exact) mass is 241 g/mol. The van der Waals surface area contributed by atoms with Gasteiger partial charge < -0.3 is 5.32 Å². The smallest absolute Gasteiger partial charge is 0.0492 e. The largest absolute Gasteiger partial charge is 0.385 e. The van der Waals surface area contributed by atoms with Gasteiger partial charge in [-0.1, -0.05) is 18.2 Å². The first-order valence-corrected chi connectivity index (χ1v) is 6.63. The van der Waals surface area contributed by atoms with Crippen LogP contribution in [0.3, 0.4) is 0 Å². The van der Waals surface area contributed by atoms with Crippen molar-refractivity contribution in [3.63, 3.8) is 0 Å². The summed E-state index contributed by atoms with van der Waals surface area (Å²) in [5, 5.41) is 7.93. The highest BCUT2D eigenvalue weighted by Gasteiger charge is 2.24. The molecule has 1 aromatic heterocycles. The molecule has 1 aliphatic heterocycles. The molecule has 0 saturated carbocycles. The molecule has 0 saturated heterocycles. The van der Waals surface area contributed by atoms with Crippen LogP contribution in [0.2, 0.25) is 0 Å². The normalized spacial score (nSPS) is 18.5. The van der Waals surface area contributed by atoms with Crippen LogP contribution in [-0.4, -0.2) is 16.3 Å². The van der Waals surface area contributed by atoms with Crippen LogP contribution in [-0.2, 0) is 0 Å². The number of rotatable bonds is 2. The van der Waals surface area contributed by atoms with Gasteiger partial charge in [0.05, 0.1) is 0 Å². The molecule has 1 aliphatic rings. The molecule has 3 rings (SSSR count). The molecule has 94 valence electrons. The van der Waals surface area contributed by atoms with Gasteiger partial charge in [-0.15, -0.1) is 0 Å².